The summed E-state index contributed by atoms with van der Waals surface area (Å²) < 4.78 is 0. The normalized spacial score (nSPS) is 17.9. The van der Waals surface area contributed by atoms with Gasteiger partial charge in [0.05, 0.1) is 18.1 Å². The molecule has 1 aliphatic heterocycles. The third-order valence-corrected chi connectivity index (χ3v) is 3.64. The molecule has 0 fully saturated rings. The first-order valence-corrected chi connectivity index (χ1v) is 6.71. The quantitative estimate of drug-likeness (QED) is 0.730. The summed E-state index contributed by atoms with van der Waals surface area (Å²) in [5, 5.41) is 4.35. The molecule has 0 aliphatic carbocycles. The van der Waals surface area contributed by atoms with E-state index >= 15 is 0 Å². The van der Waals surface area contributed by atoms with E-state index in [1.54, 1.807) is 0 Å². The fraction of sp³-hybridized carbons (Fsp3) is 0.118. The predicted octanol–water partition coefficient (Wildman–Crippen LogP) is 2.90. The number of rotatable bonds is 1. The van der Waals surface area contributed by atoms with Crippen LogP contribution in [0.1, 0.15) is 23.0 Å². The molecule has 3 aromatic rings. The van der Waals surface area contributed by atoms with Gasteiger partial charge < -0.3 is 0 Å². The maximum absolute atomic E-state index is 4.66. The summed E-state index contributed by atoms with van der Waals surface area (Å²) in [6, 6.07) is 16.4. The van der Waals surface area contributed by atoms with Crippen molar-refractivity contribution in [3.8, 4) is 0 Å². The van der Waals surface area contributed by atoms with Gasteiger partial charge in [-0.05, 0) is 23.6 Å². The van der Waals surface area contributed by atoms with Crippen LogP contribution in [0.4, 0.5) is 0 Å². The number of benzene rings is 2. The molecule has 0 amide bonds. The van der Waals surface area contributed by atoms with Crippen LogP contribution in [-0.4, -0.2) is 9.97 Å². The molecule has 0 saturated carbocycles. The van der Waals surface area contributed by atoms with Crippen molar-refractivity contribution in [2.45, 2.75) is 12.5 Å². The number of nitrogens with one attached hydrogen (secondary N) is 1. The van der Waals surface area contributed by atoms with Crippen molar-refractivity contribution in [1.29, 1.82) is 0 Å². The Labute approximate surface area is 117 Å². The van der Waals surface area contributed by atoms with Crippen molar-refractivity contribution in [1.82, 2.24) is 15.3 Å². The van der Waals surface area contributed by atoms with E-state index in [-0.39, 0.29) is 6.04 Å². The van der Waals surface area contributed by atoms with Crippen LogP contribution in [0.15, 0.2) is 54.7 Å². The van der Waals surface area contributed by atoms with Gasteiger partial charge in [-0.3, -0.25) is 5.32 Å². The van der Waals surface area contributed by atoms with E-state index in [0.29, 0.717) is 0 Å². The maximum Gasteiger partial charge on any atom is 0.146 e. The largest absolute Gasteiger partial charge is 0.294 e. The molecule has 4 rings (SSSR count). The molecule has 96 valence electrons. The van der Waals surface area contributed by atoms with Crippen LogP contribution in [0.5, 0.6) is 0 Å². The van der Waals surface area contributed by atoms with Crippen molar-refractivity contribution in [2.75, 3.05) is 0 Å². The first-order chi connectivity index (χ1) is 9.90. The predicted molar refractivity (Wildman–Crippen MR) is 77.9 cm³/mol. The Morgan fingerprint density at radius 3 is 2.90 bits per heavy atom. The zero-order chi connectivity index (χ0) is 13.4. The summed E-state index contributed by atoms with van der Waals surface area (Å²) >= 11 is 0. The molecule has 0 bridgehead atoms. The molecule has 0 spiro atoms. The topological polar surface area (TPSA) is 37.8 Å². The Morgan fingerprint density at radius 2 is 1.90 bits per heavy atom. The van der Waals surface area contributed by atoms with Crippen molar-refractivity contribution < 1.29 is 0 Å². The van der Waals surface area contributed by atoms with E-state index in [4.69, 9.17) is 0 Å². The highest BCUT2D eigenvalue weighted by atomic mass is 15.0. The van der Waals surface area contributed by atoms with Crippen molar-refractivity contribution in [3.63, 3.8) is 0 Å². The average molecular weight is 259 g/mol. The zero-order valence-electron chi connectivity index (χ0n) is 10.9. The van der Waals surface area contributed by atoms with Crippen LogP contribution in [0.2, 0.25) is 0 Å². The van der Waals surface area contributed by atoms with Gasteiger partial charge in [0.2, 0.25) is 0 Å². The first-order valence-electron chi connectivity index (χ1n) is 6.71. The van der Waals surface area contributed by atoms with Gasteiger partial charge in [-0.1, -0.05) is 42.5 Å². The minimum atomic E-state index is 0.0921. The second kappa shape index (κ2) is 4.69. The fourth-order valence-corrected chi connectivity index (χ4v) is 2.57. The van der Waals surface area contributed by atoms with Crippen molar-refractivity contribution >= 4 is 10.9 Å². The Balaban J connectivity index is 1.70. The summed E-state index contributed by atoms with van der Waals surface area (Å²) in [7, 11) is 0. The molecule has 1 N–H and O–H groups in total. The van der Waals surface area contributed by atoms with E-state index in [0.717, 1.165) is 28.7 Å². The van der Waals surface area contributed by atoms with Gasteiger partial charge in [-0.25, -0.2) is 9.97 Å². The van der Waals surface area contributed by atoms with E-state index in [2.05, 4.69) is 40.0 Å². The van der Waals surface area contributed by atoms with Gasteiger partial charge in [0.15, 0.2) is 0 Å². The average Bonchev–Trinajstić information content (AvgIpc) is 2.54. The number of hydrogen-bond acceptors (Lipinski definition) is 3. The lowest BCUT2D eigenvalue weighted by Gasteiger charge is -2.24. The van der Waals surface area contributed by atoms with Gasteiger partial charge in [0.25, 0.3) is 0 Å². The number of fused-ring (bicyclic) bond motifs is 2. The standard InChI is InChI=1S/C17H13N3/c1-2-6-13-10-18-16(9-12(13)5-1)17-19-11-14-7-3-4-8-15(14)20-17/h1-8,11,16,18H,9H2. The Morgan fingerprint density at radius 1 is 1.05 bits per heavy atom. The van der Waals surface area contributed by atoms with Crippen LogP contribution in [-0.2, 0) is 6.42 Å². The van der Waals surface area contributed by atoms with E-state index in [9.17, 15) is 0 Å². The molecule has 20 heavy (non-hydrogen) atoms. The molecule has 1 aliphatic rings. The summed E-state index contributed by atoms with van der Waals surface area (Å²) in [6.45, 7) is 3.23. The maximum atomic E-state index is 4.66. The summed E-state index contributed by atoms with van der Waals surface area (Å²) in [6.07, 6.45) is 2.78. The van der Waals surface area contributed by atoms with Crippen molar-refractivity contribution in [3.05, 3.63) is 78.2 Å². The molecule has 0 saturated heterocycles. The van der Waals surface area contributed by atoms with E-state index < -0.39 is 0 Å². The van der Waals surface area contributed by atoms with Gasteiger partial charge in [0.1, 0.15) is 5.82 Å². The number of aromatic nitrogens is 2. The van der Waals surface area contributed by atoms with Crippen LogP contribution >= 0.6 is 0 Å². The van der Waals surface area contributed by atoms with Gasteiger partial charge in [-0.15, -0.1) is 0 Å². The minimum Gasteiger partial charge on any atom is -0.294 e. The van der Waals surface area contributed by atoms with Crippen LogP contribution in [0, 0.1) is 6.54 Å². The van der Waals surface area contributed by atoms with Crippen LogP contribution < -0.4 is 5.32 Å². The SMILES string of the molecule is [C]1NC(c2ncc3ccccc3n2)Cc2ccccc21. The highest BCUT2D eigenvalue weighted by Crippen LogP contribution is 2.25. The summed E-state index contributed by atoms with van der Waals surface area (Å²) in [5.74, 6) is 0.825. The van der Waals surface area contributed by atoms with Crippen LogP contribution in [0.25, 0.3) is 10.9 Å². The molecule has 2 heterocycles. The smallest absolute Gasteiger partial charge is 0.146 e. The molecule has 1 atom stereocenters. The highest BCUT2D eigenvalue weighted by Gasteiger charge is 2.22. The van der Waals surface area contributed by atoms with E-state index in [1.165, 1.54) is 5.56 Å². The van der Waals surface area contributed by atoms with Crippen LogP contribution in [0.3, 0.4) is 0 Å². The molecule has 2 radical (unpaired) electrons. The summed E-state index contributed by atoms with van der Waals surface area (Å²) in [5.41, 5.74) is 3.40. The third-order valence-electron chi connectivity index (χ3n) is 3.64. The number of hydrogen-bond donors (Lipinski definition) is 1. The zero-order valence-corrected chi connectivity index (χ0v) is 10.9. The monoisotopic (exact) mass is 259 g/mol. The van der Waals surface area contributed by atoms with E-state index in [1.807, 2.05) is 36.5 Å². The second-order valence-corrected chi connectivity index (χ2v) is 4.97. The molecule has 3 heteroatoms. The minimum absolute atomic E-state index is 0.0921. The molecule has 2 aromatic carbocycles. The van der Waals surface area contributed by atoms with Crippen molar-refractivity contribution in [2.24, 2.45) is 0 Å². The summed E-state index contributed by atoms with van der Waals surface area (Å²) in [4.78, 5) is 9.15. The lowest BCUT2D eigenvalue weighted by Crippen LogP contribution is -2.28. The number of nitrogens with zero attached hydrogens (tertiary/aromatic N) is 2. The highest BCUT2D eigenvalue weighted by molar-refractivity contribution is 5.77. The lowest BCUT2D eigenvalue weighted by molar-refractivity contribution is 0.542. The number of para-hydroxylation sites is 1. The third kappa shape index (κ3) is 1.96. The molecule has 1 unspecified atom stereocenters. The van der Waals surface area contributed by atoms with Gasteiger partial charge in [0, 0.05) is 11.6 Å². The van der Waals surface area contributed by atoms with Gasteiger partial charge in [-0.2, -0.15) is 0 Å². The Hall–Kier alpha value is -2.26. The second-order valence-electron chi connectivity index (χ2n) is 4.97. The van der Waals surface area contributed by atoms with Gasteiger partial charge >= 0.3 is 0 Å². The molecule has 3 nitrogen and oxygen atoms in total. The first kappa shape index (κ1) is 11.6. The molecular formula is C17H13N3. The molecule has 1 aromatic heterocycles. The Bertz CT molecular complexity index is 767. The lowest BCUT2D eigenvalue weighted by atomic mass is 9.95. The fourth-order valence-electron chi connectivity index (χ4n) is 2.57. The molecular weight excluding hydrogens is 246 g/mol. The Kier molecular flexibility index (Phi) is 2.71.